The predicted molar refractivity (Wildman–Crippen MR) is 69.2 cm³/mol. The van der Waals surface area contributed by atoms with Gasteiger partial charge in [0, 0.05) is 17.8 Å². The zero-order valence-corrected chi connectivity index (χ0v) is 10.1. The summed E-state index contributed by atoms with van der Waals surface area (Å²) in [5.74, 6) is -0.800. The Morgan fingerprint density at radius 3 is 2.58 bits per heavy atom. The van der Waals surface area contributed by atoms with Gasteiger partial charge in [0.05, 0.1) is 0 Å². The summed E-state index contributed by atoms with van der Waals surface area (Å²) >= 11 is 0. The Morgan fingerprint density at radius 1 is 1.26 bits per heavy atom. The van der Waals surface area contributed by atoms with Crippen molar-refractivity contribution in [3.63, 3.8) is 0 Å². The number of amides is 4. The minimum absolute atomic E-state index is 0.221. The Morgan fingerprint density at radius 2 is 1.95 bits per heavy atom. The Hall–Kier alpha value is -2.57. The Balaban J connectivity index is 1.89. The molecule has 7 nitrogen and oxygen atoms in total. The third-order valence-electron chi connectivity index (χ3n) is 2.71. The molecular formula is C12H14N4O3. The average molecular weight is 262 g/mol. The molecule has 19 heavy (non-hydrogen) atoms. The molecule has 1 heterocycles. The van der Waals surface area contributed by atoms with E-state index in [1.165, 1.54) is 0 Å². The highest BCUT2D eigenvalue weighted by molar-refractivity contribution is 6.02. The van der Waals surface area contributed by atoms with Gasteiger partial charge in [-0.05, 0) is 30.7 Å². The van der Waals surface area contributed by atoms with E-state index in [4.69, 9.17) is 5.73 Å². The van der Waals surface area contributed by atoms with E-state index in [0.717, 1.165) is 0 Å². The largest absolute Gasteiger partial charge is 0.399 e. The van der Waals surface area contributed by atoms with E-state index in [-0.39, 0.29) is 12.3 Å². The van der Waals surface area contributed by atoms with Crippen molar-refractivity contribution >= 4 is 29.2 Å². The van der Waals surface area contributed by atoms with Gasteiger partial charge in [-0.2, -0.15) is 0 Å². The summed E-state index contributed by atoms with van der Waals surface area (Å²) in [6.07, 6.45) is 0.526. The van der Waals surface area contributed by atoms with Gasteiger partial charge < -0.3 is 16.4 Å². The maximum atomic E-state index is 11.7. The minimum atomic E-state index is -0.688. The number of benzene rings is 1. The number of urea groups is 1. The lowest BCUT2D eigenvalue weighted by Crippen LogP contribution is -2.53. The summed E-state index contributed by atoms with van der Waals surface area (Å²) in [7, 11) is 0. The third kappa shape index (κ3) is 3.44. The van der Waals surface area contributed by atoms with E-state index < -0.39 is 18.0 Å². The van der Waals surface area contributed by atoms with Gasteiger partial charge >= 0.3 is 6.03 Å². The number of hydrogen-bond acceptors (Lipinski definition) is 4. The van der Waals surface area contributed by atoms with E-state index in [0.29, 0.717) is 17.8 Å². The van der Waals surface area contributed by atoms with Crippen LogP contribution in [0.5, 0.6) is 0 Å². The number of carbonyl (C=O) groups excluding carboxylic acids is 3. The summed E-state index contributed by atoms with van der Waals surface area (Å²) in [4.78, 5) is 34.1. The van der Waals surface area contributed by atoms with Gasteiger partial charge in [0.2, 0.25) is 11.8 Å². The van der Waals surface area contributed by atoms with E-state index in [1.807, 2.05) is 0 Å². The summed E-state index contributed by atoms with van der Waals surface area (Å²) in [6.45, 7) is 0. The molecule has 0 spiro atoms. The Labute approximate surface area is 109 Å². The Kier molecular flexibility index (Phi) is 3.65. The second kappa shape index (κ2) is 5.38. The molecule has 2 rings (SSSR count). The van der Waals surface area contributed by atoms with Gasteiger partial charge in [0.1, 0.15) is 6.04 Å². The number of piperidine rings is 1. The smallest absolute Gasteiger partial charge is 0.319 e. The number of nitrogens with two attached hydrogens (primary N) is 1. The van der Waals surface area contributed by atoms with Gasteiger partial charge in [-0.15, -0.1) is 0 Å². The quantitative estimate of drug-likeness (QED) is 0.450. The molecule has 100 valence electrons. The topological polar surface area (TPSA) is 113 Å². The molecule has 0 saturated carbocycles. The van der Waals surface area contributed by atoms with Crippen LogP contribution in [0.4, 0.5) is 16.2 Å². The van der Waals surface area contributed by atoms with Crippen LogP contribution in [0.1, 0.15) is 12.8 Å². The maximum absolute atomic E-state index is 11.7. The first-order chi connectivity index (χ1) is 9.04. The van der Waals surface area contributed by atoms with Crippen LogP contribution in [0.25, 0.3) is 0 Å². The number of nitrogen functional groups attached to an aromatic ring is 1. The molecule has 0 aliphatic carbocycles. The van der Waals surface area contributed by atoms with Crippen LogP contribution in [0.3, 0.4) is 0 Å². The molecule has 0 radical (unpaired) electrons. The first-order valence-electron chi connectivity index (χ1n) is 5.81. The molecule has 4 amide bonds. The van der Waals surface area contributed by atoms with E-state index in [2.05, 4.69) is 16.0 Å². The number of hydrogen-bond donors (Lipinski definition) is 4. The lowest BCUT2D eigenvalue weighted by atomic mass is 10.1. The van der Waals surface area contributed by atoms with Gasteiger partial charge in [-0.1, -0.05) is 0 Å². The second-order valence-electron chi connectivity index (χ2n) is 4.22. The minimum Gasteiger partial charge on any atom is -0.399 e. The van der Waals surface area contributed by atoms with Crippen molar-refractivity contribution in [3.05, 3.63) is 24.3 Å². The monoisotopic (exact) mass is 262 g/mol. The van der Waals surface area contributed by atoms with Crippen LogP contribution in [-0.4, -0.2) is 23.9 Å². The van der Waals surface area contributed by atoms with Crippen molar-refractivity contribution in [2.75, 3.05) is 11.1 Å². The number of nitrogens with one attached hydrogen (secondary N) is 3. The zero-order chi connectivity index (χ0) is 13.8. The van der Waals surface area contributed by atoms with Gasteiger partial charge in [-0.25, -0.2) is 4.79 Å². The van der Waals surface area contributed by atoms with Crippen LogP contribution in [0.15, 0.2) is 24.3 Å². The van der Waals surface area contributed by atoms with Crippen molar-refractivity contribution in [2.45, 2.75) is 18.9 Å². The van der Waals surface area contributed by atoms with Gasteiger partial charge in [0.25, 0.3) is 0 Å². The molecule has 5 N–H and O–H groups in total. The summed E-state index contributed by atoms with van der Waals surface area (Å²) in [5, 5.41) is 7.25. The van der Waals surface area contributed by atoms with Gasteiger partial charge in [0.15, 0.2) is 0 Å². The molecular weight excluding hydrogens is 248 g/mol. The normalized spacial score (nSPS) is 18.6. The predicted octanol–water partition coefficient (Wildman–Crippen LogP) is 0.195. The fraction of sp³-hybridized carbons (Fsp3) is 0.250. The van der Waals surface area contributed by atoms with Crippen molar-refractivity contribution < 1.29 is 14.4 Å². The van der Waals surface area contributed by atoms with Crippen LogP contribution < -0.4 is 21.7 Å². The van der Waals surface area contributed by atoms with Crippen molar-refractivity contribution in [1.29, 1.82) is 0 Å². The summed E-state index contributed by atoms with van der Waals surface area (Å²) in [6, 6.07) is 5.42. The molecule has 0 aromatic heterocycles. The van der Waals surface area contributed by atoms with Crippen molar-refractivity contribution in [1.82, 2.24) is 10.6 Å². The first-order valence-corrected chi connectivity index (χ1v) is 5.81. The lowest BCUT2D eigenvalue weighted by molar-refractivity contribution is -0.134. The number of imide groups is 1. The fourth-order valence-corrected chi connectivity index (χ4v) is 1.72. The number of carbonyl (C=O) groups is 3. The van der Waals surface area contributed by atoms with Crippen LogP contribution in [0.2, 0.25) is 0 Å². The van der Waals surface area contributed by atoms with Crippen molar-refractivity contribution in [2.24, 2.45) is 0 Å². The molecule has 1 fully saturated rings. The van der Waals surface area contributed by atoms with E-state index in [1.54, 1.807) is 24.3 Å². The number of anilines is 2. The SMILES string of the molecule is Nc1ccc(NC(=O)NC2CCC(=O)NC2=O)cc1. The van der Waals surface area contributed by atoms with E-state index in [9.17, 15) is 14.4 Å². The highest BCUT2D eigenvalue weighted by atomic mass is 16.2. The molecule has 0 bridgehead atoms. The van der Waals surface area contributed by atoms with E-state index >= 15 is 0 Å². The van der Waals surface area contributed by atoms with Crippen LogP contribution in [0, 0.1) is 0 Å². The Bertz CT molecular complexity index is 512. The molecule has 1 aliphatic rings. The molecule has 7 heteroatoms. The van der Waals surface area contributed by atoms with Crippen LogP contribution in [-0.2, 0) is 9.59 Å². The highest BCUT2D eigenvalue weighted by Crippen LogP contribution is 2.10. The fourth-order valence-electron chi connectivity index (χ4n) is 1.72. The third-order valence-corrected chi connectivity index (χ3v) is 2.71. The maximum Gasteiger partial charge on any atom is 0.319 e. The molecule has 1 saturated heterocycles. The lowest BCUT2D eigenvalue weighted by Gasteiger charge is -2.21. The highest BCUT2D eigenvalue weighted by Gasteiger charge is 2.27. The average Bonchev–Trinajstić information content (AvgIpc) is 2.36. The standard InChI is InChI=1S/C12H14N4O3/c13-7-1-3-8(4-2-7)14-12(19)15-9-5-6-10(17)16-11(9)18/h1-4,9H,5-6,13H2,(H2,14,15,19)(H,16,17,18). The second-order valence-corrected chi connectivity index (χ2v) is 4.22. The first kappa shape index (κ1) is 12.9. The molecule has 1 aliphatic heterocycles. The summed E-state index contributed by atoms with van der Waals surface area (Å²) < 4.78 is 0. The van der Waals surface area contributed by atoms with Crippen molar-refractivity contribution in [3.8, 4) is 0 Å². The molecule has 1 unspecified atom stereocenters. The van der Waals surface area contributed by atoms with Crippen LogP contribution >= 0.6 is 0 Å². The summed E-state index contributed by atoms with van der Waals surface area (Å²) in [5.41, 5.74) is 6.69. The zero-order valence-electron chi connectivity index (χ0n) is 10.1. The molecule has 1 aromatic rings. The van der Waals surface area contributed by atoms with Gasteiger partial charge in [-0.3, -0.25) is 14.9 Å². The number of rotatable bonds is 2. The molecule has 1 atom stereocenters. The molecule has 1 aromatic carbocycles.